The Kier molecular flexibility index (Phi) is 1.38. The number of halogens is 1. The van der Waals surface area contributed by atoms with Gasteiger partial charge in [-0.2, -0.15) is 0 Å². The molecule has 2 N–H and O–H groups in total. The molecule has 0 aliphatic heterocycles. The van der Waals surface area contributed by atoms with E-state index in [1.165, 1.54) is 12.1 Å². The number of furan rings is 1. The maximum atomic E-state index is 10.4. The van der Waals surface area contributed by atoms with Crippen LogP contribution in [0.25, 0.3) is 11.1 Å². The molecule has 0 fully saturated rings. The van der Waals surface area contributed by atoms with Crippen LogP contribution in [0, 0.1) is 0 Å². The third-order valence-electron chi connectivity index (χ3n) is 1.51. The summed E-state index contributed by atoms with van der Waals surface area (Å²) in [7, 11) is 0. The van der Waals surface area contributed by atoms with Crippen molar-refractivity contribution >= 4 is 28.7 Å². The summed E-state index contributed by atoms with van der Waals surface area (Å²) in [6.07, 6.45) is 0. The first-order chi connectivity index (χ1) is 5.66. The Bertz CT molecular complexity index is 411. The number of hydrogen-bond acceptors (Lipinski definition) is 2. The van der Waals surface area contributed by atoms with E-state index in [0.29, 0.717) is 11.1 Å². The number of carboxylic acids is 1. The Morgan fingerprint density at radius 2 is 2.33 bits per heavy atom. The molecule has 0 aliphatic rings. The number of hydrogen-bond donors (Lipinski definition) is 2. The fraction of sp³-hybridized carbons (Fsp3) is 0. The molecule has 0 bridgehead atoms. The molecule has 4 nitrogen and oxygen atoms in total. The van der Waals surface area contributed by atoms with Crippen LogP contribution in [-0.2, 0) is 0 Å². The van der Waals surface area contributed by atoms with Crippen LogP contribution in [0.5, 0.6) is 0 Å². The smallest absolute Gasteiger partial charge is 0.352 e. The van der Waals surface area contributed by atoms with Gasteiger partial charge in [-0.1, -0.05) is 0 Å². The molecule has 5 heteroatoms. The lowest BCUT2D eigenvalue weighted by molar-refractivity contribution is 0.0691. The molecule has 0 radical (unpaired) electrons. The van der Waals surface area contributed by atoms with Crippen molar-refractivity contribution in [2.75, 3.05) is 0 Å². The number of fused-ring (bicyclic) bond motifs is 1. The quantitative estimate of drug-likeness (QED) is 0.715. The van der Waals surface area contributed by atoms with Gasteiger partial charge in [0.25, 0.3) is 0 Å². The zero-order chi connectivity index (χ0) is 8.72. The summed E-state index contributed by atoms with van der Waals surface area (Å²) >= 11 is 5.52. The van der Waals surface area contributed by atoms with E-state index in [2.05, 4.69) is 4.98 Å². The molecule has 0 aromatic carbocycles. The van der Waals surface area contributed by atoms with E-state index < -0.39 is 5.97 Å². The number of aromatic nitrogens is 1. The van der Waals surface area contributed by atoms with Gasteiger partial charge in [-0.15, -0.1) is 0 Å². The summed E-state index contributed by atoms with van der Waals surface area (Å²) in [5.74, 6) is -1.02. The van der Waals surface area contributed by atoms with E-state index in [1.807, 2.05) is 0 Å². The summed E-state index contributed by atoms with van der Waals surface area (Å²) in [5.41, 5.74) is 1.15. The number of rotatable bonds is 1. The molecule has 0 aliphatic carbocycles. The summed E-state index contributed by atoms with van der Waals surface area (Å²) in [6.45, 7) is 0. The molecule has 2 aromatic rings. The molecule has 62 valence electrons. The molecule has 0 amide bonds. The van der Waals surface area contributed by atoms with Gasteiger partial charge in [0.05, 0.1) is 5.52 Å². The molecule has 0 unspecified atom stereocenters. The lowest BCUT2D eigenvalue weighted by Gasteiger charge is -1.82. The zero-order valence-electron chi connectivity index (χ0n) is 5.80. The highest BCUT2D eigenvalue weighted by molar-refractivity contribution is 6.29. The Hall–Kier alpha value is -1.42. The first kappa shape index (κ1) is 7.24. The van der Waals surface area contributed by atoms with Gasteiger partial charge < -0.3 is 14.5 Å². The van der Waals surface area contributed by atoms with Crippen LogP contribution in [0.3, 0.4) is 0 Å². The van der Waals surface area contributed by atoms with Crippen molar-refractivity contribution in [3.63, 3.8) is 0 Å². The normalized spacial score (nSPS) is 10.8. The van der Waals surface area contributed by atoms with E-state index >= 15 is 0 Å². The molecular weight excluding hydrogens is 182 g/mol. The van der Waals surface area contributed by atoms with Crippen LogP contribution < -0.4 is 0 Å². The van der Waals surface area contributed by atoms with Gasteiger partial charge >= 0.3 is 5.97 Å². The SMILES string of the molecule is O=C(O)c1cc2oc(Cl)cc2[nH]1. The maximum absolute atomic E-state index is 10.4. The summed E-state index contributed by atoms with van der Waals surface area (Å²) in [4.78, 5) is 13.1. The Morgan fingerprint density at radius 1 is 1.58 bits per heavy atom. The summed E-state index contributed by atoms with van der Waals surface area (Å²) in [6, 6.07) is 2.92. The van der Waals surface area contributed by atoms with Gasteiger partial charge in [0.1, 0.15) is 5.69 Å². The predicted molar refractivity (Wildman–Crippen MR) is 42.5 cm³/mol. The van der Waals surface area contributed by atoms with Crippen molar-refractivity contribution in [3.05, 3.63) is 23.0 Å². The van der Waals surface area contributed by atoms with Crippen molar-refractivity contribution in [1.29, 1.82) is 0 Å². The predicted octanol–water partition coefficient (Wildman–Crippen LogP) is 2.11. The highest BCUT2D eigenvalue weighted by Crippen LogP contribution is 2.23. The summed E-state index contributed by atoms with van der Waals surface area (Å²) in [5, 5.41) is 8.81. The molecule has 2 heterocycles. The van der Waals surface area contributed by atoms with Crippen molar-refractivity contribution in [2.24, 2.45) is 0 Å². The van der Waals surface area contributed by atoms with Gasteiger partial charge in [0.15, 0.2) is 10.8 Å². The fourth-order valence-electron chi connectivity index (χ4n) is 1.01. The number of carbonyl (C=O) groups is 1. The average molecular weight is 186 g/mol. The van der Waals surface area contributed by atoms with Crippen LogP contribution in [0.4, 0.5) is 0 Å². The molecule has 2 aromatic heterocycles. The highest BCUT2D eigenvalue weighted by Gasteiger charge is 2.10. The van der Waals surface area contributed by atoms with Crippen LogP contribution in [-0.4, -0.2) is 16.1 Å². The first-order valence-electron chi connectivity index (χ1n) is 3.18. The van der Waals surface area contributed by atoms with Gasteiger partial charge in [-0.05, 0) is 11.6 Å². The van der Waals surface area contributed by atoms with E-state index in [9.17, 15) is 4.79 Å². The van der Waals surface area contributed by atoms with E-state index in [-0.39, 0.29) is 10.9 Å². The van der Waals surface area contributed by atoms with E-state index in [0.717, 1.165) is 0 Å². The number of nitrogens with one attached hydrogen (secondary N) is 1. The first-order valence-corrected chi connectivity index (χ1v) is 3.56. The number of aromatic carboxylic acids is 1. The second-order valence-corrected chi connectivity index (χ2v) is 2.69. The van der Waals surface area contributed by atoms with Gasteiger partial charge in [-0.25, -0.2) is 4.79 Å². The van der Waals surface area contributed by atoms with E-state index in [4.69, 9.17) is 21.1 Å². The van der Waals surface area contributed by atoms with Crippen LogP contribution in [0.1, 0.15) is 10.5 Å². The largest absolute Gasteiger partial charge is 0.477 e. The topological polar surface area (TPSA) is 66.2 Å². The Balaban J connectivity index is 2.64. The van der Waals surface area contributed by atoms with Crippen LogP contribution in [0.2, 0.25) is 5.22 Å². The van der Waals surface area contributed by atoms with Crippen molar-refractivity contribution in [2.45, 2.75) is 0 Å². The third kappa shape index (κ3) is 0.967. The second-order valence-electron chi connectivity index (χ2n) is 2.32. The Morgan fingerprint density at radius 3 is 2.92 bits per heavy atom. The Labute approximate surface area is 71.7 Å². The number of carboxylic acid groups (broad SMARTS) is 1. The molecule has 0 saturated carbocycles. The lowest BCUT2D eigenvalue weighted by Crippen LogP contribution is -1.94. The third-order valence-corrected chi connectivity index (χ3v) is 1.69. The average Bonchev–Trinajstić information content (AvgIpc) is 2.42. The van der Waals surface area contributed by atoms with Crippen molar-refractivity contribution in [3.8, 4) is 0 Å². The highest BCUT2D eigenvalue weighted by atomic mass is 35.5. The van der Waals surface area contributed by atoms with E-state index in [1.54, 1.807) is 0 Å². The number of aromatic amines is 1. The molecule has 0 spiro atoms. The molecule has 2 rings (SSSR count). The van der Waals surface area contributed by atoms with Crippen molar-refractivity contribution in [1.82, 2.24) is 4.98 Å². The molecule has 0 atom stereocenters. The van der Waals surface area contributed by atoms with Gasteiger partial charge in [-0.3, -0.25) is 0 Å². The van der Waals surface area contributed by atoms with Gasteiger partial charge in [0, 0.05) is 12.1 Å². The van der Waals surface area contributed by atoms with Crippen molar-refractivity contribution < 1.29 is 14.3 Å². The zero-order valence-corrected chi connectivity index (χ0v) is 6.55. The molecule has 12 heavy (non-hydrogen) atoms. The molecule has 0 saturated heterocycles. The molecular formula is C7H4ClNO3. The van der Waals surface area contributed by atoms with Crippen LogP contribution in [0.15, 0.2) is 16.5 Å². The minimum Gasteiger partial charge on any atom is -0.477 e. The minimum atomic E-state index is -1.02. The van der Waals surface area contributed by atoms with Gasteiger partial charge in [0.2, 0.25) is 0 Å². The van der Waals surface area contributed by atoms with Crippen LogP contribution >= 0.6 is 11.6 Å². The monoisotopic (exact) mass is 185 g/mol. The number of H-pyrrole nitrogens is 1. The lowest BCUT2D eigenvalue weighted by atomic mass is 10.4. The standard InChI is InChI=1S/C7H4ClNO3/c8-6-2-3-5(12-6)1-4(9-3)7(10)11/h1-2,9H,(H,10,11). The summed E-state index contributed by atoms with van der Waals surface area (Å²) < 4.78 is 4.97. The minimum absolute atomic E-state index is 0.0976. The fourth-order valence-corrected chi connectivity index (χ4v) is 1.20. The maximum Gasteiger partial charge on any atom is 0.352 e. The second kappa shape index (κ2) is 2.28.